The summed E-state index contributed by atoms with van der Waals surface area (Å²) in [6.07, 6.45) is 1.44. The molecule has 1 aliphatic rings. The van der Waals surface area contributed by atoms with E-state index in [-0.39, 0.29) is 34.3 Å². The molecule has 3 aromatic carbocycles. The van der Waals surface area contributed by atoms with Gasteiger partial charge >= 0.3 is 5.97 Å². The van der Waals surface area contributed by atoms with E-state index in [4.69, 9.17) is 18.6 Å². The highest BCUT2D eigenvalue weighted by Crippen LogP contribution is 2.45. The molecule has 0 aliphatic carbocycles. The lowest BCUT2D eigenvalue weighted by molar-refractivity contribution is -0.135. The third-order valence-electron chi connectivity index (χ3n) is 5.89. The van der Waals surface area contributed by atoms with Gasteiger partial charge in [-0.2, -0.15) is 0 Å². The second-order valence-corrected chi connectivity index (χ2v) is 7.72. The molecule has 0 bridgehead atoms. The highest BCUT2D eigenvalue weighted by atomic mass is 16.5. The Morgan fingerprint density at radius 3 is 2.21 bits per heavy atom. The fraction of sp³-hybridized carbons (Fsp3) is 0.154. The number of hydrogen-bond donors (Lipinski definition) is 1. The highest BCUT2D eigenvalue weighted by molar-refractivity contribution is 5.94. The largest absolute Gasteiger partial charge is 0.507 e. The van der Waals surface area contributed by atoms with Gasteiger partial charge in [-0.25, -0.2) is 0 Å². The van der Waals surface area contributed by atoms with Crippen molar-refractivity contribution in [3.05, 3.63) is 82.2 Å². The molecule has 7 heteroatoms. The number of carbonyl (C=O) groups excluding carboxylic acids is 1. The van der Waals surface area contributed by atoms with Gasteiger partial charge in [-0.1, -0.05) is 24.3 Å². The van der Waals surface area contributed by atoms with Crippen LogP contribution in [-0.2, 0) is 4.79 Å². The minimum Gasteiger partial charge on any atom is -0.507 e. The summed E-state index contributed by atoms with van der Waals surface area (Å²) in [5.41, 5.74) is 2.12. The van der Waals surface area contributed by atoms with Crippen molar-refractivity contribution >= 4 is 16.9 Å². The van der Waals surface area contributed by atoms with Crippen LogP contribution in [0.1, 0.15) is 23.5 Å². The number of benzene rings is 3. The Bertz CT molecular complexity index is 1420. The maximum Gasteiger partial charge on any atom is 0.312 e. The van der Waals surface area contributed by atoms with Gasteiger partial charge < -0.3 is 23.7 Å². The second-order valence-electron chi connectivity index (χ2n) is 7.72. The summed E-state index contributed by atoms with van der Waals surface area (Å²) in [7, 11) is 3.14. The van der Waals surface area contributed by atoms with Gasteiger partial charge in [-0.3, -0.25) is 9.59 Å². The molecule has 1 aliphatic heterocycles. The van der Waals surface area contributed by atoms with Crippen LogP contribution < -0.4 is 19.6 Å². The molecular formula is C26H20O7. The Kier molecular flexibility index (Phi) is 5.01. The van der Waals surface area contributed by atoms with Crippen LogP contribution in [0.25, 0.3) is 22.1 Å². The number of carbonyl (C=O) groups is 1. The van der Waals surface area contributed by atoms with Gasteiger partial charge in [-0.15, -0.1) is 0 Å². The lowest BCUT2D eigenvalue weighted by Crippen LogP contribution is -2.22. The van der Waals surface area contributed by atoms with E-state index in [2.05, 4.69) is 0 Å². The molecule has 166 valence electrons. The van der Waals surface area contributed by atoms with Crippen molar-refractivity contribution in [3.63, 3.8) is 0 Å². The highest BCUT2D eigenvalue weighted by Gasteiger charge is 2.33. The molecule has 0 saturated heterocycles. The maximum atomic E-state index is 13.4. The van der Waals surface area contributed by atoms with Gasteiger partial charge in [0.15, 0.2) is 0 Å². The minimum atomic E-state index is -0.431. The van der Waals surface area contributed by atoms with E-state index in [1.807, 2.05) is 12.1 Å². The Balaban J connectivity index is 1.71. The first-order valence-electron chi connectivity index (χ1n) is 10.3. The van der Waals surface area contributed by atoms with Crippen molar-refractivity contribution in [1.29, 1.82) is 0 Å². The summed E-state index contributed by atoms with van der Waals surface area (Å²) in [4.78, 5) is 25.7. The van der Waals surface area contributed by atoms with Crippen molar-refractivity contribution in [2.45, 2.75) is 12.3 Å². The van der Waals surface area contributed by atoms with Gasteiger partial charge in [0, 0.05) is 17.5 Å². The molecule has 0 saturated carbocycles. The summed E-state index contributed by atoms with van der Waals surface area (Å²) in [5, 5.41) is 10.7. The third-order valence-corrected chi connectivity index (χ3v) is 5.89. The smallest absolute Gasteiger partial charge is 0.312 e. The van der Waals surface area contributed by atoms with Crippen LogP contribution in [0.2, 0.25) is 0 Å². The molecule has 2 heterocycles. The minimum absolute atomic E-state index is 0.0403. The zero-order valence-corrected chi connectivity index (χ0v) is 18.0. The average Bonchev–Trinajstić information content (AvgIpc) is 2.83. The van der Waals surface area contributed by atoms with E-state index < -0.39 is 11.9 Å². The van der Waals surface area contributed by atoms with E-state index in [9.17, 15) is 14.7 Å². The molecular weight excluding hydrogens is 424 g/mol. The molecule has 4 aromatic rings. The van der Waals surface area contributed by atoms with Crippen LogP contribution in [0.4, 0.5) is 0 Å². The standard InChI is InChI=1S/C26H20O7/c1-30-16-7-3-14(4-8-16)18-11-22(28)33-21-12-20(27)24-25(29)19(13-32-26(24)23(18)21)15-5-9-17(31-2)10-6-15/h3-10,12-13,18,27H,11H2,1-2H3. The van der Waals surface area contributed by atoms with Gasteiger partial charge in [0.25, 0.3) is 0 Å². The number of esters is 1. The molecule has 5 rings (SSSR count). The van der Waals surface area contributed by atoms with Crippen LogP contribution >= 0.6 is 0 Å². The van der Waals surface area contributed by atoms with Gasteiger partial charge in [-0.05, 0) is 35.4 Å². The fourth-order valence-corrected chi connectivity index (χ4v) is 4.22. The summed E-state index contributed by atoms with van der Waals surface area (Å²) >= 11 is 0. The normalized spacial score (nSPS) is 15.1. The summed E-state index contributed by atoms with van der Waals surface area (Å²) in [6.45, 7) is 0. The Hall–Kier alpha value is -4.26. The monoisotopic (exact) mass is 444 g/mol. The molecule has 0 radical (unpaired) electrons. The Morgan fingerprint density at radius 2 is 1.58 bits per heavy atom. The first-order valence-corrected chi connectivity index (χ1v) is 10.3. The number of ether oxygens (including phenoxy) is 3. The molecule has 1 atom stereocenters. The fourth-order valence-electron chi connectivity index (χ4n) is 4.22. The predicted octanol–water partition coefficient (Wildman–Crippen LogP) is 4.62. The summed E-state index contributed by atoms with van der Waals surface area (Å²) < 4.78 is 21.7. The molecule has 1 unspecified atom stereocenters. The van der Waals surface area contributed by atoms with Crippen molar-refractivity contribution < 1.29 is 28.5 Å². The van der Waals surface area contributed by atoms with E-state index >= 15 is 0 Å². The number of rotatable bonds is 4. The topological polar surface area (TPSA) is 95.2 Å². The van der Waals surface area contributed by atoms with Crippen molar-refractivity contribution in [3.8, 4) is 34.1 Å². The Labute approximate surface area is 188 Å². The quantitative estimate of drug-likeness (QED) is 0.362. The van der Waals surface area contributed by atoms with Gasteiger partial charge in [0.1, 0.15) is 40.2 Å². The lowest BCUT2D eigenvalue weighted by Gasteiger charge is -2.26. The third kappa shape index (κ3) is 3.47. The van der Waals surface area contributed by atoms with Crippen LogP contribution in [0, 0.1) is 0 Å². The number of fused-ring (bicyclic) bond motifs is 3. The van der Waals surface area contributed by atoms with Crippen molar-refractivity contribution in [1.82, 2.24) is 0 Å². The number of methoxy groups -OCH3 is 2. The number of phenols is 1. The van der Waals surface area contributed by atoms with Crippen molar-refractivity contribution in [2.24, 2.45) is 0 Å². The van der Waals surface area contributed by atoms with Crippen LogP contribution in [0.3, 0.4) is 0 Å². The van der Waals surface area contributed by atoms with Gasteiger partial charge in [0.05, 0.1) is 26.2 Å². The summed E-state index contributed by atoms with van der Waals surface area (Å²) in [5.74, 6) is 0.367. The molecule has 7 nitrogen and oxygen atoms in total. The average molecular weight is 444 g/mol. The van der Waals surface area contributed by atoms with E-state index in [1.165, 1.54) is 12.3 Å². The molecule has 1 N–H and O–H groups in total. The lowest BCUT2D eigenvalue weighted by atomic mass is 9.85. The number of hydrogen-bond acceptors (Lipinski definition) is 7. The van der Waals surface area contributed by atoms with Crippen LogP contribution in [0.15, 0.2) is 70.1 Å². The SMILES string of the molecule is COc1ccc(-c2coc3c4c(cc(O)c3c2=O)OC(=O)CC4c2ccc(OC)cc2)cc1. The molecule has 33 heavy (non-hydrogen) atoms. The van der Waals surface area contributed by atoms with E-state index in [0.29, 0.717) is 28.2 Å². The Morgan fingerprint density at radius 1 is 0.939 bits per heavy atom. The summed E-state index contributed by atoms with van der Waals surface area (Å²) in [6, 6.07) is 15.6. The maximum absolute atomic E-state index is 13.4. The molecule has 0 spiro atoms. The number of phenolic OH excluding ortho intramolecular Hbond substituents is 1. The van der Waals surface area contributed by atoms with E-state index in [1.54, 1.807) is 50.6 Å². The van der Waals surface area contributed by atoms with Gasteiger partial charge in [0.2, 0.25) is 5.43 Å². The van der Waals surface area contributed by atoms with Crippen LogP contribution in [-0.4, -0.2) is 25.3 Å². The zero-order chi connectivity index (χ0) is 23.1. The first-order chi connectivity index (χ1) is 16.0. The molecule has 0 amide bonds. The predicted molar refractivity (Wildman–Crippen MR) is 121 cm³/mol. The van der Waals surface area contributed by atoms with Crippen LogP contribution in [0.5, 0.6) is 23.0 Å². The second kappa shape index (κ2) is 8.02. The zero-order valence-electron chi connectivity index (χ0n) is 18.0. The van der Waals surface area contributed by atoms with Crippen molar-refractivity contribution in [2.75, 3.05) is 14.2 Å². The first kappa shape index (κ1) is 20.6. The van der Waals surface area contributed by atoms with E-state index in [0.717, 1.165) is 5.56 Å². The molecule has 0 fully saturated rings. The molecule has 1 aromatic heterocycles. The number of aromatic hydroxyl groups is 1.